The summed E-state index contributed by atoms with van der Waals surface area (Å²) >= 11 is 0. The summed E-state index contributed by atoms with van der Waals surface area (Å²) in [7, 11) is 1.64. The molecule has 0 amide bonds. The Morgan fingerprint density at radius 1 is 1.06 bits per heavy atom. The number of nitrogens with zero attached hydrogens (tertiary/aromatic N) is 1. The Labute approximate surface area is 180 Å². The molecule has 0 bridgehead atoms. The number of benzene rings is 2. The van der Waals surface area contributed by atoms with Gasteiger partial charge in [0.05, 0.1) is 6.61 Å². The molecule has 0 atom stereocenters. The molecular weight excluding hydrogens is 408 g/mol. The SMILES string of the molecule is CCCOCc1ccccc1CNC(=NC)NCc1cc2c(cc1OC(F)F)OCO2. The van der Waals surface area contributed by atoms with Gasteiger partial charge in [-0.2, -0.15) is 8.78 Å². The first-order valence-electron chi connectivity index (χ1n) is 10.1. The van der Waals surface area contributed by atoms with Crippen LogP contribution < -0.4 is 24.8 Å². The Kier molecular flexibility index (Phi) is 8.28. The highest BCUT2D eigenvalue weighted by Gasteiger charge is 2.20. The van der Waals surface area contributed by atoms with Crippen LogP contribution in [0.25, 0.3) is 0 Å². The van der Waals surface area contributed by atoms with Crippen LogP contribution in [0.15, 0.2) is 41.4 Å². The third-order valence-electron chi connectivity index (χ3n) is 4.61. The Hall–Kier alpha value is -3.07. The van der Waals surface area contributed by atoms with Crippen LogP contribution in [0, 0.1) is 0 Å². The molecule has 168 valence electrons. The number of nitrogens with one attached hydrogen (secondary N) is 2. The van der Waals surface area contributed by atoms with E-state index in [1.165, 1.54) is 6.07 Å². The number of rotatable bonds is 10. The summed E-state index contributed by atoms with van der Waals surface area (Å²) in [5.74, 6) is 1.41. The minimum atomic E-state index is -2.94. The van der Waals surface area contributed by atoms with Crippen molar-refractivity contribution in [3.8, 4) is 17.2 Å². The molecule has 9 heteroatoms. The van der Waals surface area contributed by atoms with E-state index < -0.39 is 6.61 Å². The monoisotopic (exact) mass is 435 g/mol. The van der Waals surface area contributed by atoms with Crippen LogP contribution in [0.1, 0.15) is 30.0 Å². The van der Waals surface area contributed by atoms with Crippen LogP contribution in [0.4, 0.5) is 8.78 Å². The van der Waals surface area contributed by atoms with Crippen molar-refractivity contribution in [2.75, 3.05) is 20.4 Å². The van der Waals surface area contributed by atoms with Crippen molar-refractivity contribution in [3.05, 3.63) is 53.1 Å². The molecule has 0 saturated heterocycles. The average Bonchev–Trinajstić information content (AvgIpc) is 3.21. The van der Waals surface area contributed by atoms with Crippen LogP contribution in [-0.4, -0.2) is 33.0 Å². The third kappa shape index (κ3) is 6.45. The number of guanidine groups is 1. The van der Waals surface area contributed by atoms with Crippen LogP contribution in [-0.2, 0) is 24.4 Å². The highest BCUT2D eigenvalue weighted by atomic mass is 19.3. The molecule has 0 spiro atoms. The van der Waals surface area contributed by atoms with Crippen molar-refractivity contribution in [2.45, 2.75) is 39.7 Å². The number of hydrogen-bond donors (Lipinski definition) is 2. The first-order valence-corrected chi connectivity index (χ1v) is 10.1. The standard InChI is InChI=1S/C22H27F2N3O4/c1-3-8-28-13-16-7-5-4-6-15(16)11-26-22(25-2)27-12-17-9-19-20(30-14-29-19)10-18(17)31-21(23)24/h4-7,9-10,21H,3,8,11-14H2,1-2H3,(H2,25,26,27). The lowest BCUT2D eigenvalue weighted by Gasteiger charge is -2.16. The van der Waals surface area contributed by atoms with Gasteiger partial charge in [-0.05, 0) is 23.6 Å². The molecule has 0 radical (unpaired) electrons. The van der Waals surface area contributed by atoms with E-state index >= 15 is 0 Å². The summed E-state index contributed by atoms with van der Waals surface area (Å²) in [6, 6.07) is 11.0. The molecule has 0 unspecified atom stereocenters. The molecule has 7 nitrogen and oxygen atoms in total. The second kappa shape index (κ2) is 11.4. The third-order valence-corrected chi connectivity index (χ3v) is 4.61. The largest absolute Gasteiger partial charge is 0.454 e. The first kappa shape index (κ1) is 22.6. The summed E-state index contributed by atoms with van der Waals surface area (Å²) < 4.78 is 46.5. The molecule has 31 heavy (non-hydrogen) atoms. The zero-order chi connectivity index (χ0) is 22.1. The van der Waals surface area contributed by atoms with Crippen molar-refractivity contribution < 1.29 is 27.7 Å². The Bertz CT molecular complexity index is 893. The number of fused-ring (bicyclic) bond motifs is 1. The molecule has 2 N–H and O–H groups in total. The van der Waals surface area contributed by atoms with Crippen molar-refractivity contribution in [3.63, 3.8) is 0 Å². The van der Waals surface area contributed by atoms with E-state index in [4.69, 9.17) is 14.2 Å². The van der Waals surface area contributed by atoms with Gasteiger partial charge in [-0.3, -0.25) is 4.99 Å². The van der Waals surface area contributed by atoms with Crippen LogP contribution in [0.2, 0.25) is 0 Å². The average molecular weight is 435 g/mol. The maximum Gasteiger partial charge on any atom is 0.387 e. The van der Waals surface area contributed by atoms with Gasteiger partial charge >= 0.3 is 6.61 Å². The topological polar surface area (TPSA) is 73.3 Å². The van der Waals surface area contributed by atoms with Gasteiger partial charge in [-0.1, -0.05) is 31.2 Å². The van der Waals surface area contributed by atoms with Crippen LogP contribution in [0.5, 0.6) is 17.2 Å². The molecule has 0 aromatic heterocycles. The zero-order valence-corrected chi connectivity index (χ0v) is 17.6. The number of alkyl halides is 2. The summed E-state index contributed by atoms with van der Waals surface area (Å²) in [6.07, 6.45) is 0.966. The normalized spacial score (nSPS) is 12.9. The number of aliphatic imine (C=N–C) groups is 1. The smallest absolute Gasteiger partial charge is 0.387 e. The van der Waals surface area contributed by atoms with Crippen molar-refractivity contribution in [1.29, 1.82) is 0 Å². The van der Waals surface area contributed by atoms with Gasteiger partial charge < -0.3 is 29.6 Å². The van der Waals surface area contributed by atoms with Gasteiger partial charge in [0.15, 0.2) is 17.5 Å². The summed E-state index contributed by atoms with van der Waals surface area (Å²) in [4.78, 5) is 4.20. The van der Waals surface area contributed by atoms with E-state index in [0.717, 1.165) is 17.5 Å². The molecular formula is C22H27F2N3O4. The maximum absolute atomic E-state index is 12.8. The Morgan fingerprint density at radius 2 is 1.74 bits per heavy atom. The zero-order valence-electron chi connectivity index (χ0n) is 17.6. The number of ether oxygens (including phenoxy) is 4. The molecule has 1 aliphatic rings. The summed E-state index contributed by atoms with van der Waals surface area (Å²) in [5, 5.41) is 6.36. The van der Waals surface area contributed by atoms with Crippen molar-refractivity contribution >= 4 is 5.96 Å². The fraction of sp³-hybridized carbons (Fsp3) is 0.409. The van der Waals surface area contributed by atoms with Crippen molar-refractivity contribution in [2.24, 2.45) is 4.99 Å². The minimum Gasteiger partial charge on any atom is -0.454 e. The molecule has 0 saturated carbocycles. The Balaban J connectivity index is 1.62. The fourth-order valence-electron chi connectivity index (χ4n) is 3.08. The highest BCUT2D eigenvalue weighted by molar-refractivity contribution is 5.79. The predicted octanol–water partition coefficient (Wildman–Crippen LogP) is 3.81. The quantitative estimate of drug-likeness (QED) is 0.336. The van der Waals surface area contributed by atoms with Crippen LogP contribution in [0.3, 0.4) is 0 Å². The lowest BCUT2D eigenvalue weighted by atomic mass is 10.1. The fourth-order valence-corrected chi connectivity index (χ4v) is 3.08. The Morgan fingerprint density at radius 3 is 2.42 bits per heavy atom. The van der Waals surface area contributed by atoms with Gasteiger partial charge in [0.1, 0.15) is 5.75 Å². The van der Waals surface area contributed by atoms with Gasteiger partial charge in [0.2, 0.25) is 6.79 Å². The molecule has 0 aliphatic carbocycles. The second-order valence-corrected chi connectivity index (χ2v) is 6.79. The molecule has 2 aromatic carbocycles. The first-order chi connectivity index (χ1) is 15.1. The minimum absolute atomic E-state index is 0.0284. The van der Waals surface area contributed by atoms with E-state index in [2.05, 4.69) is 27.3 Å². The summed E-state index contributed by atoms with van der Waals surface area (Å²) in [6.45, 7) is 1.17. The van der Waals surface area contributed by atoms with Gasteiger partial charge in [-0.15, -0.1) is 0 Å². The van der Waals surface area contributed by atoms with E-state index in [-0.39, 0.29) is 19.1 Å². The number of hydrogen-bond acceptors (Lipinski definition) is 5. The lowest BCUT2D eigenvalue weighted by Crippen LogP contribution is -2.36. The van der Waals surface area contributed by atoms with Gasteiger partial charge in [0.25, 0.3) is 0 Å². The molecule has 3 rings (SSSR count). The molecule has 1 heterocycles. The molecule has 0 fully saturated rings. The van der Waals surface area contributed by atoms with Crippen LogP contribution >= 0.6 is 0 Å². The summed E-state index contributed by atoms with van der Waals surface area (Å²) in [5.41, 5.74) is 2.69. The number of halogens is 2. The van der Waals surface area contributed by atoms with Gasteiger partial charge in [0, 0.05) is 38.4 Å². The van der Waals surface area contributed by atoms with E-state index in [0.29, 0.717) is 42.8 Å². The molecule has 1 aliphatic heterocycles. The molecule has 2 aromatic rings. The van der Waals surface area contributed by atoms with Crippen molar-refractivity contribution in [1.82, 2.24) is 10.6 Å². The van der Waals surface area contributed by atoms with Gasteiger partial charge in [-0.25, -0.2) is 0 Å². The van der Waals surface area contributed by atoms with E-state index in [1.54, 1.807) is 13.1 Å². The lowest BCUT2D eigenvalue weighted by molar-refractivity contribution is -0.0505. The highest BCUT2D eigenvalue weighted by Crippen LogP contribution is 2.38. The predicted molar refractivity (Wildman–Crippen MR) is 113 cm³/mol. The second-order valence-electron chi connectivity index (χ2n) is 6.79. The maximum atomic E-state index is 12.8. The van der Waals surface area contributed by atoms with E-state index in [9.17, 15) is 8.78 Å². The van der Waals surface area contributed by atoms with E-state index in [1.807, 2.05) is 24.3 Å².